The fourth-order valence-corrected chi connectivity index (χ4v) is 2.28. The van der Waals surface area contributed by atoms with Crippen LogP contribution in [0.3, 0.4) is 0 Å². The predicted molar refractivity (Wildman–Crippen MR) is 73.4 cm³/mol. The second-order valence-electron chi connectivity index (χ2n) is 4.78. The lowest BCUT2D eigenvalue weighted by molar-refractivity contribution is 0.106. The monoisotopic (exact) mass is 240 g/mol. The minimum atomic E-state index is 0.677. The first kappa shape index (κ1) is 14.7. The predicted octanol–water partition coefficient (Wildman–Crippen LogP) is 2.04. The lowest BCUT2D eigenvalue weighted by Crippen LogP contribution is -2.38. The first-order valence-electron chi connectivity index (χ1n) is 7.01. The summed E-state index contributed by atoms with van der Waals surface area (Å²) in [5, 5.41) is 3.63. The van der Waals surface area contributed by atoms with Crippen LogP contribution in [0.1, 0.15) is 32.6 Å². The molecular formula is C14H28N2O. The summed E-state index contributed by atoms with van der Waals surface area (Å²) in [6.07, 6.45) is 6.68. The molecule has 1 N–H and O–H groups in total. The van der Waals surface area contributed by atoms with Gasteiger partial charge in [0.2, 0.25) is 0 Å². The van der Waals surface area contributed by atoms with Crippen molar-refractivity contribution in [1.82, 2.24) is 10.2 Å². The number of rotatable bonds is 8. The summed E-state index contributed by atoms with van der Waals surface area (Å²) in [6, 6.07) is 0.677. The van der Waals surface area contributed by atoms with Gasteiger partial charge in [-0.25, -0.2) is 0 Å². The Bertz CT molecular complexity index is 197. The van der Waals surface area contributed by atoms with E-state index < -0.39 is 0 Å². The largest absolute Gasteiger partial charge is 0.380 e. The molecule has 0 aromatic carbocycles. The molecule has 0 spiro atoms. The Morgan fingerprint density at radius 1 is 1.47 bits per heavy atom. The molecule has 0 amide bonds. The minimum Gasteiger partial charge on any atom is -0.380 e. The van der Waals surface area contributed by atoms with Gasteiger partial charge in [0.25, 0.3) is 0 Å². The second-order valence-corrected chi connectivity index (χ2v) is 4.78. The summed E-state index contributed by atoms with van der Waals surface area (Å²) < 4.78 is 5.58. The van der Waals surface area contributed by atoms with Crippen LogP contribution in [0.25, 0.3) is 0 Å². The van der Waals surface area contributed by atoms with Gasteiger partial charge in [-0.1, -0.05) is 19.4 Å². The maximum Gasteiger partial charge on any atom is 0.0593 e. The van der Waals surface area contributed by atoms with Gasteiger partial charge >= 0.3 is 0 Å². The van der Waals surface area contributed by atoms with E-state index >= 15 is 0 Å². The van der Waals surface area contributed by atoms with Gasteiger partial charge < -0.3 is 10.1 Å². The summed E-state index contributed by atoms with van der Waals surface area (Å²) in [7, 11) is 0. The zero-order valence-corrected chi connectivity index (χ0v) is 11.3. The van der Waals surface area contributed by atoms with Crippen molar-refractivity contribution in [3.8, 4) is 0 Å². The fraction of sp³-hybridized carbons (Fsp3) is 0.857. The average molecular weight is 240 g/mol. The van der Waals surface area contributed by atoms with E-state index in [9.17, 15) is 0 Å². The van der Waals surface area contributed by atoms with Gasteiger partial charge in [-0.3, -0.25) is 4.90 Å². The molecular weight excluding hydrogens is 212 g/mol. The summed E-state index contributed by atoms with van der Waals surface area (Å²) in [6.45, 7) is 12.2. The van der Waals surface area contributed by atoms with Gasteiger partial charge in [0.15, 0.2) is 0 Å². The second kappa shape index (κ2) is 9.63. The lowest BCUT2D eigenvalue weighted by Gasteiger charge is -2.23. The van der Waals surface area contributed by atoms with Gasteiger partial charge in [0.1, 0.15) is 0 Å². The van der Waals surface area contributed by atoms with Crippen molar-refractivity contribution in [2.24, 2.45) is 0 Å². The summed E-state index contributed by atoms with van der Waals surface area (Å²) in [5.74, 6) is 0. The molecule has 1 unspecified atom stereocenters. The van der Waals surface area contributed by atoms with Crippen LogP contribution in [0.2, 0.25) is 0 Å². The molecule has 1 rings (SSSR count). The molecule has 0 radical (unpaired) electrons. The van der Waals surface area contributed by atoms with Gasteiger partial charge in [0, 0.05) is 19.1 Å². The van der Waals surface area contributed by atoms with Crippen molar-refractivity contribution in [3.05, 3.63) is 12.7 Å². The Balaban J connectivity index is 2.14. The molecule has 0 bridgehead atoms. The molecule has 3 nitrogen and oxygen atoms in total. The fourth-order valence-electron chi connectivity index (χ4n) is 2.28. The van der Waals surface area contributed by atoms with Crippen LogP contribution in [-0.2, 0) is 4.74 Å². The van der Waals surface area contributed by atoms with E-state index in [1.54, 1.807) is 0 Å². The molecule has 0 saturated carbocycles. The van der Waals surface area contributed by atoms with Crippen LogP contribution >= 0.6 is 0 Å². The number of nitrogens with one attached hydrogen (secondary N) is 1. The SMILES string of the molecule is C=CCCOCCN1CCCNC(CCC)C1. The van der Waals surface area contributed by atoms with Crippen LogP contribution in [0.15, 0.2) is 12.7 Å². The van der Waals surface area contributed by atoms with E-state index in [2.05, 4.69) is 23.7 Å². The van der Waals surface area contributed by atoms with E-state index in [0.29, 0.717) is 6.04 Å². The van der Waals surface area contributed by atoms with E-state index in [4.69, 9.17) is 4.74 Å². The Morgan fingerprint density at radius 2 is 2.35 bits per heavy atom. The highest BCUT2D eigenvalue weighted by molar-refractivity contribution is 4.76. The van der Waals surface area contributed by atoms with Crippen molar-refractivity contribution in [1.29, 1.82) is 0 Å². The lowest BCUT2D eigenvalue weighted by atomic mass is 10.1. The highest BCUT2D eigenvalue weighted by Gasteiger charge is 2.16. The third-order valence-electron chi connectivity index (χ3n) is 3.22. The summed E-state index contributed by atoms with van der Waals surface area (Å²) in [4.78, 5) is 2.54. The molecule has 0 aliphatic carbocycles. The highest BCUT2D eigenvalue weighted by Crippen LogP contribution is 2.05. The molecule has 17 heavy (non-hydrogen) atoms. The van der Waals surface area contributed by atoms with Crippen molar-refractivity contribution >= 4 is 0 Å². The number of nitrogens with zero attached hydrogens (tertiary/aromatic N) is 1. The normalized spacial score (nSPS) is 22.3. The van der Waals surface area contributed by atoms with Crippen molar-refractivity contribution < 1.29 is 4.74 Å². The maximum atomic E-state index is 5.58. The molecule has 1 aliphatic rings. The molecule has 1 atom stereocenters. The average Bonchev–Trinajstić information content (AvgIpc) is 2.55. The smallest absolute Gasteiger partial charge is 0.0593 e. The highest BCUT2D eigenvalue weighted by atomic mass is 16.5. The molecule has 0 aromatic rings. The Morgan fingerprint density at radius 3 is 3.12 bits per heavy atom. The van der Waals surface area contributed by atoms with E-state index in [-0.39, 0.29) is 0 Å². The molecule has 100 valence electrons. The Hall–Kier alpha value is -0.380. The van der Waals surface area contributed by atoms with Crippen LogP contribution in [-0.4, -0.2) is 50.3 Å². The Kier molecular flexibility index (Phi) is 8.32. The third-order valence-corrected chi connectivity index (χ3v) is 3.22. The molecule has 1 fully saturated rings. The maximum absolute atomic E-state index is 5.58. The van der Waals surface area contributed by atoms with Crippen molar-refractivity contribution in [3.63, 3.8) is 0 Å². The topological polar surface area (TPSA) is 24.5 Å². The van der Waals surface area contributed by atoms with Crippen LogP contribution < -0.4 is 5.32 Å². The summed E-state index contributed by atoms with van der Waals surface area (Å²) in [5.41, 5.74) is 0. The van der Waals surface area contributed by atoms with Crippen molar-refractivity contribution in [2.45, 2.75) is 38.6 Å². The molecule has 1 heterocycles. The van der Waals surface area contributed by atoms with Crippen LogP contribution in [0, 0.1) is 0 Å². The van der Waals surface area contributed by atoms with Gasteiger partial charge in [-0.2, -0.15) is 0 Å². The van der Waals surface area contributed by atoms with Crippen LogP contribution in [0.5, 0.6) is 0 Å². The van der Waals surface area contributed by atoms with Gasteiger partial charge in [-0.15, -0.1) is 6.58 Å². The van der Waals surface area contributed by atoms with E-state index in [1.165, 1.54) is 38.9 Å². The number of hydrogen-bond donors (Lipinski definition) is 1. The third kappa shape index (κ3) is 6.81. The van der Waals surface area contributed by atoms with Crippen LogP contribution in [0.4, 0.5) is 0 Å². The zero-order chi connectivity index (χ0) is 12.3. The first-order chi connectivity index (χ1) is 8.36. The quantitative estimate of drug-likeness (QED) is 0.519. The molecule has 1 aliphatic heterocycles. The first-order valence-corrected chi connectivity index (χ1v) is 7.01. The molecule has 1 saturated heterocycles. The van der Waals surface area contributed by atoms with Crippen molar-refractivity contribution in [2.75, 3.05) is 39.4 Å². The zero-order valence-electron chi connectivity index (χ0n) is 11.3. The minimum absolute atomic E-state index is 0.677. The number of ether oxygens (including phenoxy) is 1. The standard InChI is InChI=1S/C14H28N2O/c1-3-5-11-17-12-10-16-9-6-8-15-14(13-16)7-4-2/h3,14-15H,1,4-13H2,2H3. The Labute approximate surface area is 106 Å². The number of hydrogen-bond acceptors (Lipinski definition) is 3. The molecule has 3 heteroatoms. The van der Waals surface area contributed by atoms with E-state index in [1.807, 2.05) is 6.08 Å². The van der Waals surface area contributed by atoms with Gasteiger partial charge in [0.05, 0.1) is 13.2 Å². The van der Waals surface area contributed by atoms with E-state index in [0.717, 1.165) is 26.2 Å². The summed E-state index contributed by atoms with van der Waals surface area (Å²) >= 11 is 0. The van der Waals surface area contributed by atoms with Gasteiger partial charge in [-0.05, 0) is 32.4 Å². The molecule has 0 aromatic heterocycles.